The first-order valence-corrected chi connectivity index (χ1v) is 9.46. The number of rotatable bonds is 3. The van der Waals surface area contributed by atoms with Crippen molar-refractivity contribution >= 4 is 23.0 Å². The van der Waals surface area contributed by atoms with E-state index < -0.39 is 0 Å². The number of carbonyl (C=O) groups excluding carboxylic acids is 2. The Morgan fingerprint density at radius 1 is 1.15 bits per heavy atom. The van der Waals surface area contributed by atoms with E-state index in [1.807, 2.05) is 30.1 Å². The van der Waals surface area contributed by atoms with E-state index in [0.29, 0.717) is 38.5 Å². The van der Waals surface area contributed by atoms with Crippen molar-refractivity contribution in [1.29, 1.82) is 0 Å². The third-order valence-corrected chi connectivity index (χ3v) is 5.13. The second-order valence-electron chi connectivity index (χ2n) is 7.37. The van der Waals surface area contributed by atoms with Crippen LogP contribution in [0.3, 0.4) is 0 Å². The number of fused-ring (bicyclic) bond motifs is 1. The summed E-state index contributed by atoms with van der Waals surface area (Å²) >= 11 is 0. The fraction of sp³-hybridized carbons (Fsp3) is 0.550. The molecule has 1 fully saturated rings. The first-order chi connectivity index (χ1) is 12.9. The van der Waals surface area contributed by atoms with Gasteiger partial charge in [0.15, 0.2) is 0 Å². The molecule has 1 aliphatic rings. The Balaban J connectivity index is 1.69. The van der Waals surface area contributed by atoms with Crippen molar-refractivity contribution in [2.45, 2.75) is 32.6 Å². The molecule has 2 heterocycles. The molecule has 0 N–H and O–H groups in total. The third-order valence-electron chi connectivity index (χ3n) is 5.13. The van der Waals surface area contributed by atoms with Gasteiger partial charge in [0, 0.05) is 39.1 Å². The third kappa shape index (κ3) is 4.07. The van der Waals surface area contributed by atoms with E-state index in [2.05, 4.69) is 18.4 Å². The van der Waals surface area contributed by atoms with E-state index in [4.69, 9.17) is 9.72 Å². The van der Waals surface area contributed by atoms with Crippen molar-refractivity contribution < 1.29 is 14.3 Å². The standard InChI is InChI=1S/C20H28N4O3/c1-14(2)19-21-16-12-15(6-7-17(16)22(19)3)13-18(25)23-8-5-9-24(11-10-23)20(26)27-4/h6-7,12,14H,5,8-11,13H2,1-4H3. The molecule has 0 aliphatic carbocycles. The van der Waals surface area contributed by atoms with E-state index in [1.54, 1.807) is 4.90 Å². The van der Waals surface area contributed by atoms with Gasteiger partial charge in [0.2, 0.25) is 5.91 Å². The Morgan fingerprint density at radius 2 is 1.85 bits per heavy atom. The lowest BCUT2D eigenvalue weighted by molar-refractivity contribution is -0.130. The Hall–Kier alpha value is -2.57. The van der Waals surface area contributed by atoms with Crippen LogP contribution < -0.4 is 0 Å². The van der Waals surface area contributed by atoms with Crippen molar-refractivity contribution in [3.05, 3.63) is 29.6 Å². The minimum absolute atomic E-state index is 0.0843. The number of hydrogen-bond acceptors (Lipinski definition) is 4. The Bertz CT molecular complexity index is 843. The summed E-state index contributed by atoms with van der Waals surface area (Å²) in [5.41, 5.74) is 2.98. The van der Waals surface area contributed by atoms with Gasteiger partial charge in [-0.15, -0.1) is 0 Å². The molecule has 2 amide bonds. The van der Waals surface area contributed by atoms with E-state index in [0.717, 1.165) is 28.8 Å². The van der Waals surface area contributed by atoms with Gasteiger partial charge in [-0.05, 0) is 24.1 Å². The summed E-state index contributed by atoms with van der Waals surface area (Å²) in [5.74, 6) is 1.48. The van der Waals surface area contributed by atoms with Gasteiger partial charge in [0.25, 0.3) is 0 Å². The molecule has 146 valence electrons. The monoisotopic (exact) mass is 372 g/mol. The van der Waals surface area contributed by atoms with Crippen LogP contribution in [0.25, 0.3) is 11.0 Å². The highest BCUT2D eigenvalue weighted by Gasteiger charge is 2.22. The van der Waals surface area contributed by atoms with E-state index in [9.17, 15) is 9.59 Å². The van der Waals surface area contributed by atoms with Crippen LogP contribution >= 0.6 is 0 Å². The van der Waals surface area contributed by atoms with Crippen molar-refractivity contribution in [1.82, 2.24) is 19.4 Å². The highest BCUT2D eigenvalue weighted by atomic mass is 16.5. The summed E-state index contributed by atoms with van der Waals surface area (Å²) in [6.07, 6.45) is 0.783. The number of ether oxygens (including phenoxy) is 1. The minimum atomic E-state index is -0.328. The lowest BCUT2D eigenvalue weighted by Crippen LogP contribution is -2.37. The largest absolute Gasteiger partial charge is 0.453 e. The minimum Gasteiger partial charge on any atom is -0.453 e. The Kier molecular flexibility index (Phi) is 5.68. The van der Waals surface area contributed by atoms with Gasteiger partial charge in [-0.1, -0.05) is 19.9 Å². The van der Waals surface area contributed by atoms with Crippen LogP contribution in [0.4, 0.5) is 4.79 Å². The molecule has 1 saturated heterocycles. The van der Waals surface area contributed by atoms with E-state index in [1.165, 1.54) is 7.11 Å². The lowest BCUT2D eigenvalue weighted by atomic mass is 10.1. The average Bonchev–Trinajstić information content (AvgIpc) is 2.83. The summed E-state index contributed by atoms with van der Waals surface area (Å²) in [5, 5.41) is 0. The fourth-order valence-corrected chi connectivity index (χ4v) is 3.66. The van der Waals surface area contributed by atoms with Gasteiger partial charge in [-0.2, -0.15) is 0 Å². The molecular formula is C20H28N4O3. The number of hydrogen-bond donors (Lipinski definition) is 0. The molecular weight excluding hydrogens is 344 g/mol. The summed E-state index contributed by atoms with van der Waals surface area (Å²) in [7, 11) is 3.41. The fourth-order valence-electron chi connectivity index (χ4n) is 3.66. The van der Waals surface area contributed by atoms with Crippen LogP contribution in [-0.2, 0) is 23.0 Å². The first-order valence-electron chi connectivity index (χ1n) is 9.46. The quantitative estimate of drug-likeness (QED) is 0.830. The van der Waals surface area contributed by atoms with Crippen LogP contribution in [0.15, 0.2) is 18.2 Å². The molecule has 3 rings (SSSR count). The molecule has 7 heteroatoms. The van der Waals surface area contributed by atoms with Crippen molar-refractivity contribution in [2.75, 3.05) is 33.3 Å². The van der Waals surface area contributed by atoms with Gasteiger partial charge in [0.1, 0.15) is 5.82 Å². The second-order valence-corrected chi connectivity index (χ2v) is 7.37. The van der Waals surface area contributed by atoms with Gasteiger partial charge in [0.05, 0.1) is 24.6 Å². The number of amides is 2. The molecule has 0 atom stereocenters. The van der Waals surface area contributed by atoms with Crippen LogP contribution in [0.1, 0.15) is 37.6 Å². The highest BCUT2D eigenvalue weighted by Crippen LogP contribution is 2.22. The maximum atomic E-state index is 12.7. The molecule has 1 aromatic heterocycles. The number of methoxy groups -OCH3 is 1. The average molecular weight is 372 g/mol. The summed E-state index contributed by atoms with van der Waals surface area (Å²) in [4.78, 5) is 32.6. The zero-order valence-corrected chi connectivity index (χ0v) is 16.6. The molecule has 0 unspecified atom stereocenters. The topological polar surface area (TPSA) is 67.7 Å². The number of carbonyl (C=O) groups is 2. The van der Waals surface area contributed by atoms with Crippen molar-refractivity contribution in [3.8, 4) is 0 Å². The van der Waals surface area contributed by atoms with Crippen LogP contribution in [-0.4, -0.2) is 64.6 Å². The summed E-state index contributed by atoms with van der Waals surface area (Å²) in [6.45, 7) is 6.59. The zero-order valence-electron chi connectivity index (χ0n) is 16.6. The maximum Gasteiger partial charge on any atom is 0.409 e. The van der Waals surface area contributed by atoms with E-state index >= 15 is 0 Å². The number of imidazole rings is 1. The zero-order chi connectivity index (χ0) is 19.6. The second kappa shape index (κ2) is 7.98. The number of benzene rings is 1. The molecule has 27 heavy (non-hydrogen) atoms. The predicted octanol–water partition coefficient (Wildman–Crippen LogP) is 2.54. The molecule has 1 aromatic carbocycles. The molecule has 1 aliphatic heterocycles. The van der Waals surface area contributed by atoms with Gasteiger partial charge in [-0.25, -0.2) is 9.78 Å². The van der Waals surface area contributed by atoms with E-state index in [-0.39, 0.29) is 12.0 Å². The number of aromatic nitrogens is 2. The molecule has 0 spiro atoms. The summed E-state index contributed by atoms with van der Waals surface area (Å²) < 4.78 is 6.89. The molecule has 0 bridgehead atoms. The van der Waals surface area contributed by atoms with Gasteiger partial charge in [-0.3, -0.25) is 4.79 Å². The van der Waals surface area contributed by atoms with Gasteiger partial charge < -0.3 is 19.1 Å². The van der Waals surface area contributed by atoms with Crippen molar-refractivity contribution in [3.63, 3.8) is 0 Å². The smallest absolute Gasteiger partial charge is 0.409 e. The summed E-state index contributed by atoms with van der Waals surface area (Å²) in [6, 6.07) is 6.06. The molecule has 2 aromatic rings. The lowest BCUT2D eigenvalue weighted by Gasteiger charge is -2.21. The normalized spacial score (nSPS) is 15.3. The van der Waals surface area contributed by atoms with Crippen LogP contribution in [0, 0.1) is 0 Å². The first kappa shape index (κ1) is 19.2. The Morgan fingerprint density at radius 3 is 2.56 bits per heavy atom. The molecule has 0 radical (unpaired) electrons. The predicted molar refractivity (Wildman–Crippen MR) is 104 cm³/mol. The van der Waals surface area contributed by atoms with Crippen LogP contribution in [0.2, 0.25) is 0 Å². The SMILES string of the molecule is COC(=O)N1CCCN(C(=O)Cc2ccc3c(c2)nc(C(C)C)n3C)CC1. The maximum absolute atomic E-state index is 12.7. The van der Waals surface area contributed by atoms with Crippen LogP contribution in [0.5, 0.6) is 0 Å². The highest BCUT2D eigenvalue weighted by molar-refractivity contribution is 5.82. The number of aryl methyl sites for hydroxylation is 1. The van der Waals surface area contributed by atoms with Crippen molar-refractivity contribution in [2.24, 2.45) is 7.05 Å². The Labute approximate surface area is 159 Å². The van der Waals surface area contributed by atoms with Gasteiger partial charge >= 0.3 is 6.09 Å². The molecule has 7 nitrogen and oxygen atoms in total. The molecule has 0 saturated carbocycles. The number of nitrogens with zero attached hydrogens (tertiary/aromatic N) is 4.